The molecule has 1 aromatic heterocycles. The third-order valence-corrected chi connectivity index (χ3v) is 6.20. The Hall–Kier alpha value is -1.87. The lowest BCUT2D eigenvalue weighted by Crippen LogP contribution is -2.50. The maximum absolute atomic E-state index is 12.3. The van der Waals surface area contributed by atoms with Crippen LogP contribution in [-0.4, -0.2) is 63.4 Å². The molecule has 0 saturated carbocycles. The molecule has 1 saturated heterocycles. The minimum absolute atomic E-state index is 0.0792. The first-order chi connectivity index (χ1) is 12.5. The second kappa shape index (κ2) is 8.22. The molecule has 0 bridgehead atoms. The van der Waals surface area contributed by atoms with Crippen LogP contribution in [0.4, 0.5) is 0 Å². The maximum Gasteiger partial charge on any atom is 0.289 e. The highest BCUT2D eigenvalue weighted by atomic mass is 35.5. The molecule has 1 aromatic carbocycles. The smallest absolute Gasteiger partial charge is 0.289 e. The van der Waals surface area contributed by atoms with Gasteiger partial charge in [0.15, 0.2) is 5.76 Å². The molecule has 2 heterocycles. The molecule has 1 amide bonds. The Labute approximate surface area is 157 Å². The van der Waals surface area contributed by atoms with E-state index in [1.54, 1.807) is 35.2 Å². The van der Waals surface area contributed by atoms with Gasteiger partial charge in [-0.1, -0.05) is 23.7 Å². The molecular formula is C17H20ClN3O4S. The average molecular weight is 398 g/mol. The number of carbonyl (C=O) groups excluding carboxylic acids is 1. The van der Waals surface area contributed by atoms with Crippen LogP contribution in [0.5, 0.6) is 0 Å². The number of benzene rings is 1. The molecule has 1 N–H and O–H groups in total. The van der Waals surface area contributed by atoms with Crippen LogP contribution >= 0.6 is 11.6 Å². The Bertz CT molecular complexity index is 847. The minimum atomic E-state index is -3.63. The zero-order chi connectivity index (χ0) is 18.6. The lowest BCUT2D eigenvalue weighted by Gasteiger charge is -2.34. The van der Waals surface area contributed by atoms with Gasteiger partial charge in [0.25, 0.3) is 5.91 Å². The highest BCUT2D eigenvalue weighted by molar-refractivity contribution is 7.89. The highest BCUT2D eigenvalue weighted by Gasteiger charge is 2.24. The molecule has 7 nitrogen and oxygen atoms in total. The van der Waals surface area contributed by atoms with Gasteiger partial charge in [-0.15, -0.1) is 0 Å². The zero-order valence-electron chi connectivity index (χ0n) is 14.1. The van der Waals surface area contributed by atoms with E-state index in [-0.39, 0.29) is 22.4 Å². The molecule has 0 radical (unpaired) electrons. The normalized spacial score (nSPS) is 16.0. The molecule has 140 valence electrons. The van der Waals surface area contributed by atoms with E-state index in [1.165, 1.54) is 12.3 Å². The number of carbonyl (C=O) groups is 1. The van der Waals surface area contributed by atoms with Crippen molar-refractivity contribution in [3.63, 3.8) is 0 Å². The molecular weight excluding hydrogens is 378 g/mol. The van der Waals surface area contributed by atoms with Crippen molar-refractivity contribution >= 4 is 27.5 Å². The summed E-state index contributed by atoms with van der Waals surface area (Å²) in [5.41, 5.74) is 0. The molecule has 0 spiro atoms. The van der Waals surface area contributed by atoms with Gasteiger partial charge in [-0.3, -0.25) is 9.69 Å². The van der Waals surface area contributed by atoms with Crippen molar-refractivity contribution in [3.8, 4) is 0 Å². The van der Waals surface area contributed by atoms with E-state index < -0.39 is 10.0 Å². The van der Waals surface area contributed by atoms with E-state index in [4.69, 9.17) is 16.0 Å². The zero-order valence-corrected chi connectivity index (χ0v) is 15.7. The molecule has 1 aliphatic rings. The van der Waals surface area contributed by atoms with Crippen LogP contribution in [-0.2, 0) is 10.0 Å². The van der Waals surface area contributed by atoms with Crippen molar-refractivity contribution in [2.45, 2.75) is 4.90 Å². The second-order valence-electron chi connectivity index (χ2n) is 5.94. The number of furan rings is 1. The number of amides is 1. The summed E-state index contributed by atoms with van der Waals surface area (Å²) in [6.07, 6.45) is 1.48. The third kappa shape index (κ3) is 4.45. The van der Waals surface area contributed by atoms with E-state index in [1.807, 2.05) is 0 Å². The van der Waals surface area contributed by atoms with Crippen LogP contribution in [0, 0.1) is 0 Å². The Morgan fingerprint density at radius 2 is 1.85 bits per heavy atom. The molecule has 0 aliphatic carbocycles. The van der Waals surface area contributed by atoms with Crippen LogP contribution in [0.15, 0.2) is 52.0 Å². The van der Waals surface area contributed by atoms with Gasteiger partial charge >= 0.3 is 0 Å². The summed E-state index contributed by atoms with van der Waals surface area (Å²) < 4.78 is 32.3. The highest BCUT2D eigenvalue weighted by Crippen LogP contribution is 2.19. The van der Waals surface area contributed by atoms with Crippen LogP contribution in [0.1, 0.15) is 10.6 Å². The first-order valence-corrected chi connectivity index (χ1v) is 10.1. The van der Waals surface area contributed by atoms with Crippen molar-refractivity contribution < 1.29 is 17.6 Å². The number of hydrogen-bond donors (Lipinski definition) is 1. The van der Waals surface area contributed by atoms with Crippen LogP contribution in [0.2, 0.25) is 5.02 Å². The maximum atomic E-state index is 12.3. The van der Waals surface area contributed by atoms with E-state index in [2.05, 4.69) is 9.62 Å². The van der Waals surface area contributed by atoms with Gasteiger partial charge in [0.2, 0.25) is 10.0 Å². The number of piperazine rings is 1. The lowest BCUT2D eigenvalue weighted by atomic mass is 10.3. The Morgan fingerprint density at radius 3 is 2.50 bits per heavy atom. The van der Waals surface area contributed by atoms with Crippen molar-refractivity contribution in [1.82, 2.24) is 14.5 Å². The van der Waals surface area contributed by atoms with E-state index in [9.17, 15) is 13.2 Å². The quantitative estimate of drug-likeness (QED) is 0.801. The topological polar surface area (TPSA) is 82.9 Å². The molecule has 9 heteroatoms. The fourth-order valence-electron chi connectivity index (χ4n) is 2.81. The second-order valence-corrected chi connectivity index (χ2v) is 8.08. The van der Waals surface area contributed by atoms with E-state index >= 15 is 0 Å². The molecule has 0 atom stereocenters. The fourth-order valence-corrected chi connectivity index (χ4v) is 4.35. The summed E-state index contributed by atoms with van der Waals surface area (Å²) in [6, 6.07) is 9.68. The number of rotatable bonds is 6. The molecule has 1 aliphatic heterocycles. The van der Waals surface area contributed by atoms with E-state index in [0.717, 1.165) is 0 Å². The predicted molar refractivity (Wildman–Crippen MR) is 97.7 cm³/mol. The van der Waals surface area contributed by atoms with Crippen LogP contribution < -0.4 is 4.72 Å². The van der Waals surface area contributed by atoms with E-state index in [0.29, 0.717) is 38.5 Å². The van der Waals surface area contributed by atoms with Gasteiger partial charge in [-0.25, -0.2) is 13.1 Å². The van der Waals surface area contributed by atoms with Gasteiger partial charge in [0.1, 0.15) is 4.90 Å². The SMILES string of the molecule is O=C(c1ccco1)N1CCN(CCNS(=O)(=O)c2ccccc2Cl)CC1. The largest absolute Gasteiger partial charge is 0.459 e. The van der Waals surface area contributed by atoms with Gasteiger partial charge < -0.3 is 9.32 Å². The summed E-state index contributed by atoms with van der Waals surface area (Å²) >= 11 is 5.95. The van der Waals surface area contributed by atoms with Gasteiger partial charge in [-0.2, -0.15) is 0 Å². The first kappa shape index (κ1) is 18.9. The summed E-state index contributed by atoms with van der Waals surface area (Å²) in [6.45, 7) is 3.36. The number of nitrogens with one attached hydrogen (secondary N) is 1. The number of sulfonamides is 1. The van der Waals surface area contributed by atoms with Gasteiger partial charge in [-0.05, 0) is 24.3 Å². The minimum Gasteiger partial charge on any atom is -0.459 e. The number of halogens is 1. The first-order valence-electron chi connectivity index (χ1n) is 8.27. The lowest BCUT2D eigenvalue weighted by molar-refractivity contribution is 0.0609. The monoisotopic (exact) mass is 397 g/mol. The summed E-state index contributed by atoms with van der Waals surface area (Å²) in [4.78, 5) is 16.1. The van der Waals surface area contributed by atoms with Crippen molar-refractivity contribution in [2.75, 3.05) is 39.3 Å². The van der Waals surface area contributed by atoms with Crippen molar-refractivity contribution in [1.29, 1.82) is 0 Å². The predicted octanol–water partition coefficient (Wildman–Crippen LogP) is 1.67. The standard InChI is InChI=1S/C17H20ClN3O4S/c18-14-4-1-2-6-16(14)26(23,24)19-7-8-20-9-11-21(12-10-20)17(22)15-5-3-13-25-15/h1-6,13,19H,7-12H2. The van der Waals surface area contributed by atoms with Gasteiger partial charge in [0.05, 0.1) is 11.3 Å². The van der Waals surface area contributed by atoms with Gasteiger partial charge in [0, 0.05) is 39.3 Å². The van der Waals surface area contributed by atoms with Crippen molar-refractivity contribution in [3.05, 3.63) is 53.4 Å². The summed E-state index contributed by atoms with van der Waals surface area (Å²) in [5.74, 6) is 0.222. The molecule has 26 heavy (non-hydrogen) atoms. The Balaban J connectivity index is 1.46. The number of nitrogens with zero attached hydrogens (tertiary/aromatic N) is 2. The fraction of sp³-hybridized carbons (Fsp3) is 0.353. The summed E-state index contributed by atoms with van der Waals surface area (Å²) in [7, 11) is -3.63. The average Bonchev–Trinajstić information content (AvgIpc) is 3.16. The Morgan fingerprint density at radius 1 is 1.12 bits per heavy atom. The molecule has 2 aromatic rings. The van der Waals surface area contributed by atoms with Crippen LogP contribution in [0.25, 0.3) is 0 Å². The Kier molecular flexibility index (Phi) is 5.98. The van der Waals surface area contributed by atoms with Crippen molar-refractivity contribution in [2.24, 2.45) is 0 Å². The van der Waals surface area contributed by atoms with Crippen LogP contribution in [0.3, 0.4) is 0 Å². The summed E-state index contributed by atoms with van der Waals surface area (Å²) in [5, 5.41) is 0.199. The molecule has 0 unspecified atom stereocenters. The molecule has 1 fully saturated rings. The third-order valence-electron chi connectivity index (χ3n) is 4.24. The molecule has 3 rings (SSSR count). The number of hydrogen-bond acceptors (Lipinski definition) is 5.